The van der Waals surface area contributed by atoms with Gasteiger partial charge in [0.2, 0.25) is 0 Å². The highest BCUT2D eigenvalue weighted by atomic mass is 32.2. The molecular weight excluding hydrogens is 423 g/mol. The number of ketones is 1. The number of ether oxygens (including phenoxy) is 1. The molecular formula is C22H25FN2O3S2. The number of halogens is 1. The van der Waals surface area contributed by atoms with Crippen molar-refractivity contribution in [1.82, 2.24) is 9.55 Å². The van der Waals surface area contributed by atoms with Gasteiger partial charge < -0.3 is 4.74 Å². The third-order valence-corrected chi connectivity index (χ3v) is 7.10. The highest BCUT2D eigenvalue weighted by molar-refractivity contribution is 8.00. The number of thioether (sulfide) groups is 1. The molecule has 0 amide bonds. The van der Waals surface area contributed by atoms with Crippen LogP contribution in [0.1, 0.15) is 41.1 Å². The standard InChI is InChI=1S/C22H25FN2O3S2/c1-5-28-12-6-11-25-21(27)18-13(2)14(3)29-20(18)24-22(25)30-15(4)19(26)16-7-9-17(23)10-8-16/h7-10,15H,5-6,11-12H2,1-4H3. The summed E-state index contributed by atoms with van der Waals surface area (Å²) in [5.74, 6) is -0.515. The molecule has 2 aromatic heterocycles. The number of thiophene rings is 1. The fourth-order valence-electron chi connectivity index (χ4n) is 3.13. The van der Waals surface area contributed by atoms with Crippen molar-refractivity contribution in [3.05, 3.63) is 56.4 Å². The minimum atomic E-state index is -0.472. The Labute approximate surface area is 183 Å². The van der Waals surface area contributed by atoms with Gasteiger partial charge in [-0.3, -0.25) is 14.2 Å². The van der Waals surface area contributed by atoms with Crippen LogP contribution in [0.15, 0.2) is 34.2 Å². The third kappa shape index (κ3) is 4.82. The summed E-state index contributed by atoms with van der Waals surface area (Å²) >= 11 is 2.75. The molecule has 1 atom stereocenters. The molecule has 0 fully saturated rings. The highest BCUT2D eigenvalue weighted by Crippen LogP contribution is 2.30. The Morgan fingerprint density at radius 1 is 1.30 bits per heavy atom. The number of hydrogen-bond donors (Lipinski definition) is 0. The molecule has 160 valence electrons. The van der Waals surface area contributed by atoms with Gasteiger partial charge in [-0.1, -0.05) is 11.8 Å². The third-order valence-electron chi connectivity index (χ3n) is 4.91. The first kappa shape index (κ1) is 22.7. The zero-order valence-electron chi connectivity index (χ0n) is 17.5. The number of benzene rings is 1. The smallest absolute Gasteiger partial charge is 0.263 e. The maximum atomic E-state index is 13.3. The Kier molecular flexibility index (Phi) is 7.44. The van der Waals surface area contributed by atoms with E-state index in [0.717, 1.165) is 10.4 Å². The fraction of sp³-hybridized carbons (Fsp3) is 0.409. The molecule has 0 aliphatic rings. The monoisotopic (exact) mass is 448 g/mol. The van der Waals surface area contributed by atoms with E-state index in [-0.39, 0.29) is 17.2 Å². The van der Waals surface area contributed by atoms with Crippen LogP contribution in [-0.2, 0) is 11.3 Å². The van der Waals surface area contributed by atoms with E-state index in [1.165, 1.54) is 47.4 Å². The van der Waals surface area contributed by atoms with Gasteiger partial charge >= 0.3 is 0 Å². The molecule has 0 saturated heterocycles. The highest BCUT2D eigenvalue weighted by Gasteiger charge is 2.22. The molecule has 8 heteroatoms. The summed E-state index contributed by atoms with van der Waals surface area (Å²) < 4.78 is 20.2. The van der Waals surface area contributed by atoms with Crippen LogP contribution >= 0.6 is 23.1 Å². The average molecular weight is 449 g/mol. The first-order chi connectivity index (χ1) is 14.3. The van der Waals surface area contributed by atoms with Crippen molar-refractivity contribution in [2.45, 2.75) is 51.1 Å². The zero-order valence-corrected chi connectivity index (χ0v) is 19.2. The number of hydrogen-bond acceptors (Lipinski definition) is 6. The molecule has 0 spiro atoms. The largest absolute Gasteiger partial charge is 0.382 e. The minimum Gasteiger partial charge on any atom is -0.382 e. The lowest BCUT2D eigenvalue weighted by Gasteiger charge is -2.15. The number of rotatable bonds is 9. The number of nitrogens with zero attached hydrogens (tertiary/aromatic N) is 2. The van der Waals surface area contributed by atoms with Crippen molar-refractivity contribution in [3.8, 4) is 0 Å². The molecule has 0 N–H and O–H groups in total. The number of fused-ring (bicyclic) bond motifs is 1. The van der Waals surface area contributed by atoms with E-state index in [4.69, 9.17) is 9.72 Å². The maximum absolute atomic E-state index is 13.3. The van der Waals surface area contributed by atoms with Crippen molar-refractivity contribution >= 4 is 39.1 Å². The van der Waals surface area contributed by atoms with Crippen molar-refractivity contribution < 1.29 is 13.9 Å². The molecule has 0 saturated carbocycles. The number of Topliss-reactive ketones (excluding diaryl/α,β-unsaturated/α-hetero) is 1. The Bertz CT molecular complexity index is 1110. The van der Waals surface area contributed by atoms with Gasteiger partial charge in [-0.2, -0.15) is 0 Å². The van der Waals surface area contributed by atoms with Gasteiger partial charge in [0.05, 0.1) is 10.6 Å². The number of aryl methyl sites for hydroxylation is 2. The molecule has 0 bridgehead atoms. The van der Waals surface area contributed by atoms with Gasteiger partial charge in [0, 0.05) is 30.2 Å². The molecule has 1 aromatic carbocycles. The summed E-state index contributed by atoms with van der Waals surface area (Å²) in [5, 5.41) is 0.698. The van der Waals surface area contributed by atoms with E-state index in [9.17, 15) is 14.0 Å². The second kappa shape index (κ2) is 9.85. The Morgan fingerprint density at radius 2 is 2.00 bits per heavy atom. The van der Waals surface area contributed by atoms with Gasteiger partial charge in [0.1, 0.15) is 10.6 Å². The average Bonchev–Trinajstić information content (AvgIpc) is 3.00. The number of carbonyl (C=O) groups is 1. The van der Waals surface area contributed by atoms with Crippen LogP contribution in [0.2, 0.25) is 0 Å². The van der Waals surface area contributed by atoms with E-state index in [0.29, 0.717) is 47.1 Å². The van der Waals surface area contributed by atoms with Crippen molar-refractivity contribution in [2.75, 3.05) is 13.2 Å². The van der Waals surface area contributed by atoms with Crippen LogP contribution in [0.25, 0.3) is 10.2 Å². The molecule has 2 heterocycles. The number of carbonyl (C=O) groups excluding carboxylic acids is 1. The lowest BCUT2D eigenvalue weighted by atomic mass is 10.1. The Balaban J connectivity index is 1.94. The molecule has 30 heavy (non-hydrogen) atoms. The summed E-state index contributed by atoms with van der Waals surface area (Å²) in [6, 6.07) is 5.50. The van der Waals surface area contributed by atoms with E-state index >= 15 is 0 Å². The molecule has 3 rings (SSSR count). The van der Waals surface area contributed by atoms with Gasteiger partial charge in [0.15, 0.2) is 10.9 Å². The van der Waals surface area contributed by atoms with Gasteiger partial charge in [-0.05, 0) is 63.9 Å². The van der Waals surface area contributed by atoms with Gasteiger partial charge in [0.25, 0.3) is 5.56 Å². The zero-order chi connectivity index (χ0) is 21.8. The SMILES string of the molecule is CCOCCCn1c(SC(C)C(=O)c2ccc(F)cc2)nc2sc(C)c(C)c2c1=O. The minimum absolute atomic E-state index is 0.0812. The number of aromatic nitrogens is 2. The summed E-state index contributed by atoms with van der Waals surface area (Å²) in [5.41, 5.74) is 1.31. The summed E-state index contributed by atoms with van der Waals surface area (Å²) in [6.07, 6.45) is 0.678. The molecule has 0 aliphatic heterocycles. The first-order valence-electron chi connectivity index (χ1n) is 9.88. The van der Waals surface area contributed by atoms with Crippen LogP contribution in [0, 0.1) is 19.7 Å². The van der Waals surface area contributed by atoms with Crippen molar-refractivity contribution in [3.63, 3.8) is 0 Å². The maximum Gasteiger partial charge on any atom is 0.263 e. The summed E-state index contributed by atoms with van der Waals surface area (Å²) in [4.78, 5) is 32.6. The summed E-state index contributed by atoms with van der Waals surface area (Å²) in [6.45, 7) is 9.28. The van der Waals surface area contributed by atoms with E-state index in [2.05, 4.69) is 0 Å². The Morgan fingerprint density at radius 3 is 2.67 bits per heavy atom. The molecule has 0 radical (unpaired) electrons. The summed E-state index contributed by atoms with van der Waals surface area (Å²) in [7, 11) is 0. The van der Waals surface area contributed by atoms with E-state index in [1.54, 1.807) is 11.5 Å². The second-order valence-corrected chi connectivity index (χ2v) is 9.51. The first-order valence-corrected chi connectivity index (χ1v) is 11.6. The molecule has 1 unspecified atom stereocenters. The fourth-order valence-corrected chi connectivity index (χ4v) is 5.21. The predicted octanol–water partition coefficient (Wildman–Crippen LogP) is 5.00. The lowest BCUT2D eigenvalue weighted by molar-refractivity contribution is 0.0993. The second-order valence-electron chi connectivity index (χ2n) is 7.00. The van der Waals surface area contributed by atoms with Crippen LogP contribution < -0.4 is 5.56 Å². The van der Waals surface area contributed by atoms with Crippen LogP contribution in [0.4, 0.5) is 4.39 Å². The van der Waals surface area contributed by atoms with E-state index < -0.39 is 5.25 Å². The van der Waals surface area contributed by atoms with Gasteiger partial charge in [-0.25, -0.2) is 9.37 Å². The molecule has 5 nitrogen and oxygen atoms in total. The predicted molar refractivity (Wildman–Crippen MR) is 121 cm³/mol. The van der Waals surface area contributed by atoms with Crippen molar-refractivity contribution in [2.24, 2.45) is 0 Å². The molecule has 3 aromatic rings. The van der Waals surface area contributed by atoms with Gasteiger partial charge in [-0.15, -0.1) is 11.3 Å². The molecule has 0 aliphatic carbocycles. The normalized spacial score (nSPS) is 12.4. The van der Waals surface area contributed by atoms with Crippen molar-refractivity contribution in [1.29, 1.82) is 0 Å². The van der Waals surface area contributed by atoms with E-state index in [1.807, 2.05) is 20.8 Å². The quantitative estimate of drug-likeness (QED) is 0.199. The van der Waals surface area contributed by atoms with Crippen LogP contribution in [0.5, 0.6) is 0 Å². The lowest BCUT2D eigenvalue weighted by Crippen LogP contribution is -2.25. The topological polar surface area (TPSA) is 61.2 Å². The van der Waals surface area contributed by atoms with Crippen LogP contribution in [0.3, 0.4) is 0 Å². The van der Waals surface area contributed by atoms with Crippen LogP contribution in [-0.4, -0.2) is 33.8 Å². The Hall–Kier alpha value is -2.03.